The molecule has 3 heteroatoms. The van der Waals surface area contributed by atoms with Crippen molar-refractivity contribution in [3.8, 4) is 0 Å². The van der Waals surface area contributed by atoms with Gasteiger partial charge in [0.1, 0.15) is 0 Å². The minimum atomic E-state index is -0.493. The highest BCUT2D eigenvalue weighted by atomic mass is 16.3. The van der Waals surface area contributed by atoms with Gasteiger partial charge in [-0.05, 0) is 18.8 Å². The molecular weight excluding hydrogens is 336 g/mol. The Kier molecular flexibility index (Phi) is 15.5. The van der Waals surface area contributed by atoms with Crippen molar-refractivity contribution in [3.05, 3.63) is 0 Å². The van der Waals surface area contributed by atoms with E-state index < -0.39 is 5.41 Å². The van der Waals surface area contributed by atoms with Crippen LogP contribution in [0.1, 0.15) is 122 Å². The summed E-state index contributed by atoms with van der Waals surface area (Å²) in [4.78, 5) is 0. The molecule has 0 aromatic rings. The van der Waals surface area contributed by atoms with E-state index in [9.17, 15) is 15.3 Å². The number of aliphatic hydroxyl groups excluding tert-OH is 3. The maximum atomic E-state index is 10.0. The topological polar surface area (TPSA) is 60.7 Å². The lowest BCUT2D eigenvalue weighted by Gasteiger charge is -2.37. The minimum absolute atomic E-state index is 0.00523. The van der Waals surface area contributed by atoms with Gasteiger partial charge in [0.25, 0.3) is 0 Å². The molecule has 1 aliphatic rings. The number of hydrogen-bond donors (Lipinski definition) is 3. The molecule has 1 atom stereocenters. The van der Waals surface area contributed by atoms with Crippen LogP contribution in [0.4, 0.5) is 0 Å². The lowest BCUT2D eigenvalue weighted by molar-refractivity contribution is -0.0303. The van der Waals surface area contributed by atoms with Crippen molar-refractivity contribution in [2.45, 2.75) is 122 Å². The zero-order valence-electron chi connectivity index (χ0n) is 18.0. The Labute approximate surface area is 169 Å². The highest BCUT2D eigenvalue weighted by Crippen LogP contribution is 2.36. The Morgan fingerprint density at radius 2 is 0.815 bits per heavy atom. The minimum Gasteiger partial charge on any atom is -0.396 e. The Bertz CT molecular complexity index is 315. The Morgan fingerprint density at radius 3 is 1.15 bits per heavy atom. The highest BCUT2D eigenvalue weighted by molar-refractivity contribution is 4.85. The monoisotopic (exact) mass is 384 g/mol. The van der Waals surface area contributed by atoms with Crippen LogP contribution in [0.3, 0.4) is 0 Å². The maximum Gasteiger partial charge on any atom is 0.0512 e. The molecule has 162 valence electrons. The summed E-state index contributed by atoms with van der Waals surface area (Å²) in [5.41, 5.74) is -0.493. The van der Waals surface area contributed by atoms with E-state index in [2.05, 4.69) is 0 Å². The van der Waals surface area contributed by atoms with Crippen molar-refractivity contribution in [1.29, 1.82) is 0 Å². The quantitative estimate of drug-likeness (QED) is 0.560. The van der Waals surface area contributed by atoms with Gasteiger partial charge in [0.2, 0.25) is 0 Å². The molecule has 1 aliphatic carbocycles. The predicted octanol–water partition coefficient (Wildman–Crippen LogP) is 5.99. The first kappa shape index (κ1) is 24.9. The van der Waals surface area contributed by atoms with Crippen molar-refractivity contribution in [2.24, 2.45) is 11.3 Å². The zero-order chi connectivity index (χ0) is 19.6. The highest BCUT2D eigenvalue weighted by Gasteiger charge is 2.36. The van der Waals surface area contributed by atoms with Gasteiger partial charge in [-0.3, -0.25) is 0 Å². The third-order valence-electron chi connectivity index (χ3n) is 6.94. The van der Waals surface area contributed by atoms with Gasteiger partial charge in [-0.1, -0.05) is 109 Å². The Hall–Kier alpha value is -0.120. The molecule has 0 aliphatic heterocycles. The summed E-state index contributed by atoms with van der Waals surface area (Å²) in [6.45, 7) is 0.0740. The summed E-state index contributed by atoms with van der Waals surface area (Å²) in [6.07, 6.45) is 24.0. The van der Waals surface area contributed by atoms with Gasteiger partial charge in [-0.2, -0.15) is 0 Å². The summed E-state index contributed by atoms with van der Waals surface area (Å²) in [7, 11) is 0. The van der Waals surface area contributed by atoms with Crippen molar-refractivity contribution >= 4 is 0 Å². The zero-order valence-corrected chi connectivity index (χ0v) is 18.0. The molecule has 0 amide bonds. The lowest BCUT2D eigenvalue weighted by atomic mass is 9.71. The van der Waals surface area contributed by atoms with E-state index in [1.807, 2.05) is 0 Å². The fourth-order valence-corrected chi connectivity index (χ4v) is 4.78. The molecule has 0 spiro atoms. The maximum absolute atomic E-state index is 10.0. The first-order valence-electron chi connectivity index (χ1n) is 12.1. The van der Waals surface area contributed by atoms with E-state index in [0.717, 1.165) is 25.7 Å². The van der Waals surface area contributed by atoms with Gasteiger partial charge in [0.05, 0.1) is 13.2 Å². The second-order valence-electron chi connectivity index (χ2n) is 9.11. The van der Waals surface area contributed by atoms with Gasteiger partial charge in [-0.25, -0.2) is 0 Å². The van der Waals surface area contributed by atoms with Gasteiger partial charge < -0.3 is 15.3 Å². The molecule has 0 aromatic carbocycles. The SMILES string of the molecule is OCC1CCCCCCCCCCCCCCCCCCCC1(CO)CO. The molecule has 1 rings (SSSR count). The third kappa shape index (κ3) is 10.9. The number of aliphatic hydroxyl groups is 3. The van der Waals surface area contributed by atoms with E-state index >= 15 is 0 Å². The summed E-state index contributed by atoms with van der Waals surface area (Å²) in [5, 5.41) is 29.9. The molecule has 0 radical (unpaired) electrons. The van der Waals surface area contributed by atoms with Crippen molar-refractivity contribution in [2.75, 3.05) is 19.8 Å². The molecule has 0 aromatic heterocycles. The van der Waals surface area contributed by atoms with Crippen LogP contribution >= 0.6 is 0 Å². The van der Waals surface area contributed by atoms with Crippen LogP contribution in [0.15, 0.2) is 0 Å². The average molecular weight is 385 g/mol. The molecule has 3 N–H and O–H groups in total. The molecule has 1 fully saturated rings. The van der Waals surface area contributed by atoms with Crippen LogP contribution in [0.2, 0.25) is 0 Å². The van der Waals surface area contributed by atoms with Gasteiger partial charge in [0.15, 0.2) is 0 Å². The predicted molar refractivity (Wildman–Crippen MR) is 115 cm³/mol. The Morgan fingerprint density at radius 1 is 0.481 bits per heavy atom. The molecule has 1 unspecified atom stereocenters. The van der Waals surface area contributed by atoms with E-state index in [1.54, 1.807) is 0 Å². The van der Waals surface area contributed by atoms with Crippen LogP contribution in [0, 0.1) is 11.3 Å². The van der Waals surface area contributed by atoms with E-state index in [4.69, 9.17) is 0 Å². The summed E-state index contributed by atoms with van der Waals surface area (Å²) in [5.74, 6) is 0.0293. The summed E-state index contributed by atoms with van der Waals surface area (Å²) in [6, 6.07) is 0. The van der Waals surface area contributed by atoms with E-state index in [0.29, 0.717) is 0 Å². The van der Waals surface area contributed by atoms with Gasteiger partial charge in [0, 0.05) is 12.0 Å². The first-order chi connectivity index (χ1) is 13.3. The lowest BCUT2D eigenvalue weighted by Crippen LogP contribution is -2.40. The molecule has 1 saturated carbocycles. The summed E-state index contributed by atoms with van der Waals surface area (Å²) < 4.78 is 0. The smallest absolute Gasteiger partial charge is 0.0512 e. The molecular formula is C24H48O3. The first-order valence-corrected chi connectivity index (χ1v) is 12.1. The van der Waals surface area contributed by atoms with Gasteiger partial charge in [-0.15, -0.1) is 0 Å². The second kappa shape index (κ2) is 16.8. The van der Waals surface area contributed by atoms with Crippen molar-refractivity contribution < 1.29 is 15.3 Å². The second-order valence-corrected chi connectivity index (χ2v) is 9.11. The normalized spacial score (nSPS) is 26.1. The van der Waals surface area contributed by atoms with Crippen LogP contribution in [0.25, 0.3) is 0 Å². The molecule has 0 saturated heterocycles. The summed E-state index contributed by atoms with van der Waals surface area (Å²) >= 11 is 0. The molecule has 27 heavy (non-hydrogen) atoms. The average Bonchev–Trinajstić information content (AvgIpc) is 2.70. The largest absolute Gasteiger partial charge is 0.396 e. The van der Waals surface area contributed by atoms with Crippen LogP contribution in [0.5, 0.6) is 0 Å². The van der Waals surface area contributed by atoms with Gasteiger partial charge >= 0.3 is 0 Å². The standard InChI is InChI=1S/C24H48O3/c25-20-23-18-16-14-12-10-8-6-4-2-1-3-5-7-9-11-13-15-17-19-24(23,21-26)22-27/h23,25-27H,1-22H2. The number of hydrogen-bond acceptors (Lipinski definition) is 3. The fourth-order valence-electron chi connectivity index (χ4n) is 4.78. The molecule has 0 bridgehead atoms. The van der Waals surface area contributed by atoms with E-state index in [-0.39, 0.29) is 25.7 Å². The Balaban J connectivity index is 2.48. The van der Waals surface area contributed by atoms with Crippen molar-refractivity contribution in [1.82, 2.24) is 0 Å². The third-order valence-corrected chi connectivity index (χ3v) is 6.94. The number of rotatable bonds is 3. The fraction of sp³-hybridized carbons (Fsp3) is 1.00. The molecule has 3 nitrogen and oxygen atoms in total. The van der Waals surface area contributed by atoms with Crippen LogP contribution < -0.4 is 0 Å². The molecule has 0 heterocycles. The van der Waals surface area contributed by atoms with Crippen molar-refractivity contribution in [3.63, 3.8) is 0 Å². The van der Waals surface area contributed by atoms with Crippen LogP contribution in [-0.2, 0) is 0 Å². The van der Waals surface area contributed by atoms with Crippen LogP contribution in [-0.4, -0.2) is 35.1 Å². The van der Waals surface area contributed by atoms with E-state index in [1.165, 1.54) is 96.3 Å².